The van der Waals surface area contributed by atoms with E-state index in [-0.39, 0.29) is 12.5 Å². The number of nitrogens with one attached hydrogen (secondary N) is 1. The molecule has 0 saturated carbocycles. The van der Waals surface area contributed by atoms with Gasteiger partial charge in [0.15, 0.2) is 0 Å². The van der Waals surface area contributed by atoms with Gasteiger partial charge in [-0.3, -0.25) is 4.79 Å². The Bertz CT molecular complexity index is 713. The molecule has 2 aromatic rings. The Balaban J connectivity index is 2.07. The first-order chi connectivity index (χ1) is 11.5. The molecule has 0 bridgehead atoms. The summed E-state index contributed by atoms with van der Waals surface area (Å²) in [6.07, 6.45) is 0. The third-order valence-electron chi connectivity index (χ3n) is 3.40. The van der Waals surface area contributed by atoms with Gasteiger partial charge >= 0.3 is 5.97 Å². The minimum Gasteiger partial charge on any atom is -0.459 e. The molecule has 3 N–H and O–H groups in total. The standard InChI is InChI=1S/C17H20N2O4S/c1-11-13(16(20)19-10-12-6-4-3-5-7-12)15(18)24-14(11)17(21)23-9-8-22-2/h3-7H,8-10,18H2,1-2H3,(H,19,20). The molecule has 1 amide bonds. The normalized spacial score (nSPS) is 10.4. The number of carbonyl (C=O) groups excluding carboxylic acids is 2. The molecule has 24 heavy (non-hydrogen) atoms. The molecular formula is C17H20N2O4S. The number of methoxy groups -OCH3 is 1. The number of carbonyl (C=O) groups is 2. The first-order valence-corrected chi connectivity index (χ1v) is 8.23. The number of thiophene rings is 1. The van der Waals surface area contributed by atoms with E-state index < -0.39 is 5.97 Å². The lowest BCUT2D eigenvalue weighted by molar-refractivity contribution is 0.0393. The summed E-state index contributed by atoms with van der Waals surface area (Å²) < 4.78 is 9.92. The van der Waals surface area contributed by atoms with Crippen molar-refractivity contribution in [2.24, 2.45) is 0 Å². The van der Waals surface area contributed by atoms with E-state index in [0.29, 0.717) is 34.2 Å². The van der Waals surface area contributed by atoms with Gasteiger partial charge < -0.3 is 20.5 Å². The Morgan fingerprint density at radius 1 is 1.21 bits per heavy atom. The maximum absolute atomic E-state index is 12.4. The number of hydrogen-bond acceptors (Lipinski definition) is 6. The molecule has 0 atom stereocenters. The van der Waals surface area contributed by atoms with Gasteiger partial charge in [-0.1, -0.05) is 30.3 Å². The summed E-state index contributed by atoms with van der Waals surface area (Å²) in [5.41, 5.74) is 7.77. The Hall–Kier alpha value is -2.38. The molecule has 6 nitrogen and oxygen atoms in total. The molecule has 0 spiro atoms. The van der Waals surface area contributed by atoms with E-state index in [1.54, 1.807) is 6.92 Å². The van der Waals surface area contributed by atoms with Crippen LogP contribution in [0, 0.1) is 6.92 Å². The van der Waals surface area contributed by atoms with Crippen LogP contribution in [0.1, 0.15) is 31.2 Å². The van der Waals surface area contributed by atoms with Crippen LogP contribution in [-0.4, -0.2) is 32.2 Å². The molecule has 1 heterocycles. The number of anilines is 1. The number of nitrogen functional groups attached to an aromatic ring is 1. The third-order valence-corrected chi connectivity index (χ3v) is 4.50. The SMILES string of the molecule is COCCOC(=O)c1sc(N)c(C(=O)NCc2ccccc2)c1C. The lowest BCUT2D eigenvalue weighted by Crippen LogP contribution is -2.24. The average Bonchev–Trinajstić information content (AvgIpc) is 2.88. The predicted octanol–water partition coefficient (Wildman–Crippen LogP) is 2.37. The van der Waals surface area contributed by atoms with E-state index in [1.165, 1.54) is 7.11 Å². The van der Waals surface area contributed by atoms with Crippen LogP contribution in [-0.2, 0) is 16.0 Å². The Labute approximate surface area is 144 Å². The monoisotopic (exact) mass is 348 g/mol. The largest absolute Gasteiger partial charge is 0.459 e. The molecule has 0 aliphatic rings. The van der Waals surface area contributed by atoms with Crippen molar-refractivity contribution < 1.29 is 19.1 Å². The Morgan fingerprint density at radius 3 is 2.58 bits per heavy atom. The number of hydrogen-bond donors (Lipinski definition) is 2. The summed E-state index contributed by atoms with van der Waals surface area (Å²) >= 11 is 1.06. The van der Waals surface area contributed by atoms with Gasteiger partial charge in [-0.25, -0.2) is 4.79 Å². The number of amides is 1. The number of rotatable bonds is 7. The van der Waals surface area contributed by atoms with Crippen LogP contribution in [0.4, 0.5) is 5.00 Å². The van der Waals surface area contributed by atoms with Gasteiger partial charge in [-0.2, -0.15) is 0 Å². The van der Waals surface area contributed by atoms with Crippen molar-refractivity contribution in [3.8, 4) is 0 Å². The van der Waals surface area contributed by atoms with Crippen molar-refractivity contribution in [3.05, 3.63) is 51.9 Å². The summed E-state index contributed by atoms with van der Waals surface area (Å²) in [7, 11) is 1.53. The number of ether oxygens (including phenoxy) is 2. The molecule has 1 aromatic heterocycles. The highest BCUT2D eigenvalue weighted by Gasteiger charge is 2.24. The highest BCUT2D eigenvalue weighted by Crippen LogP contribution is 2.31. The third kappa shape index (κ3) is 4.33. The zero-order valence-corrected chi connectivity index (χ0v) is 14.4. The molecule has 1 aromatic carbocycles. The molecule has 0 unspecified atom stereocenters. The van der Waals surface area contributed by atoms with E-state index in [4.69, 9.17) is 15.2 Å². The summed E-state index contributed by atoms with van der Waals surface area (Å²) in [5, 5.41) is 3.12. The van der Waals surface area contributed by atoms with Crippen molar-refractivity contribution in [1.29, 1.82) is 0 Å². The zero-order chi connectivity index (χ0) is 17.5. The highest BCUT2D eigenvalue weighted by molar-refractivity contribution is 7.18. The zero-order valence-electron chi connectivity index (χ0n) is 13.6. The topological polar surface area (TPSA) is 90.7 Å². The first-order valence-electron chi connectivity index (χ1n) is 7.41. The number of nitrogens with two attached hydrogens (primary N) is 1. The summed E-state index contributed by atoms with van der Waals surface area (Å²) in [6.45, 7) is 2.55. The van der Waals surface area contributed by atoms with Gasteiger partial charge in [0, 0.05) is 13.7 Å². The van der Waals surface area contributed by atoms with E-state index >= 15 is 0 Å². The minimum atomic E-state index is -0.497. The molecule has 0 saturated heterocycles. The molecule has 128 valence electrons. The van der Waals surface area contributed by atoms with Crippen LogP contribution in [0.2, 0.25) is 0 Å². The fourth-order valence-corrected chi connectivity index (χ4v) is 3.13. The van der Waals surface area contributed by atoms with Crippen molar-refractivity contribution in [3.63, 3.8) is 0 Å². The summed E-state index contributed by atoms with van der Waals surface area (Å²) in [4.78, 5) is 24.8. The minimum absolute atomic E-state index is 0.155. The second kappa shape index (κ2) is 8.47. The van der Waals surface area contributed by atoms with Crippen molar-refractivity contribution in [1.82, 2.24) is 5.32 Å². The van der Waals surface area contributed by atoms with Crippen LogP contribution in [0.15, 0.2) is 30.3 Å². The average molecular weight is 348 g/mol. The van der Waals surface area contributed by atoms with Gasteiger partial charge in [0.25, 0.3) is 5.91 Å². The smallest absolute Gasteiger partial charge is 0.348 e. The second-order valence-electron chi connectivity index (χ2n) is 5.09. The predicted molar refractivity (Wildman–Crippen MR) is 93.2 cm³/mol. The van der Waals surface area contributed by atoms with Crippen LogP contribution in [0.25, 0.3) is 0 Å². The van der Waals surface area contributed by atoms with E-state index in [0.717, 1.165) is 16.9 Å². The van der Waals surface area contributed by atoms with Crippen LogP contribution < -0.4 is 11.1 Å². The van der Waals surface area contributed by atoms with Crippen molar-refractivity contribution in [2.45, 2.75) is 13.5 Å². The van der Waals surface area contributed by atoms with Gasteiger partial charge in [0.05, 0.1) is 17.2 Å². The van der Waals surface area contributed by atoms with E-state index in [1.807, 2.05) is 30.3 Å². The van der Waals surface area contributed by atoms with Crippen LogP contribution >= 0.6 is 11.3 Å². The maximum Gasteiger partial charge on any atom is 0.348 e. The van der Waals surface area contributed by atoms with Crippen LogP contribution in [0.5, 0.6) is 0 Å². The molecule has 2 rings (SSSR count). The molecule has 0 aliphatic heterocycles. The lowest BCUT2D eigenvalue weighted by Gasteiger charge is -2.06. The van der Waals surface area contributed by atoms with E-state index in [9.17, 15) is 9.59 Å². The van der Waals surface area contributed by atoms with E-state index in [2.05, 4.69) is 5.32 Å². The quantitative estimate of drug-likeness (QED) is 0.592. The summed E-state index contributed by atoms with van der Waals surface area (Å²) in [6, 6.07) is 9.55. The van der Waals surface area contributed by atoms with Crippen LogP contribution in [0.3, 0.4) is 0 Å². The molecule has 0 radical (unpaired) electrons. The van der Waals surface area contributed by atoms with Gasteiger partial charge in [-0.05, 0) is 18.1 Å². The van der Waals surface area contributed by atoms with Crippen molar-refractivity contribution in [2.75, 3.05) is 26.1 Å². The van der Waals surface area contributed by atoms with Crippen molar-refractivity contribution >= 4 is 28.2 Å². The molecule has 0 aliphatic carbocycles. The Kier molecular flexibility index (Phi) is 6.34. The first kappa shape index (κ1) is 18.0. The van der Waals surface area contributed by atoms with Gasteiger partial charge in [-0.15, -0.1) is 11.3 Å². The lowest BCUT2D eigenvalue weighted by atomic mass is 10.1. The molecule has 7 heteroatoms. The maximum atomic E-state index is 12.4. The fourth-order valence-electron chi connectivity index (χ4n) is 2.16. The molecular weight excluding hydrogens is 328 g/mol. The Morgan fingerprint density at radius 2 is 1.92 bits per heavy atom. The summed E-state index contributed by atoms with van der Waals surface area (Å²) in [5.74, 6) is -0.801. The number of benzene rings is 1. The number of esters is 1. The molecule has 0 fully saturated rings. The fraction of sp³-hybridized carbons (Fsp3) is 0.294. The highest BCUT2D eigenvalue weighted by atomic mass is 32.1. The second-order valence-corrected chi connectivity index (χ2v) is 6.14. The van der Waals surface area contributed by atoms with Gasteiger partial charge in [0.2, 0.25) is 0 Å². The van der Waals surface area contributed by atoms with Gasteiger partial charge in [0.1, 0.15) is 11.5 Å².